The number of amides is 1. The molecule has 2 atom stereocenters. The predicted octanol–water partition coefficient (Wildman–Crippen LogP) is 1.08. The lowest BCUT2D eigenvalue weighted by molar-refractivity contribution is -0.133. The second kappa shape index (κ2) is 5.77. The second-order valence-electron chi connectivity index (χ2n) is 7.18. The zero-order chi connectivity index (χ0) is 16.8. The van der Waals surface area contributed by atoms with Crippen molar-refractivity contribution in [1.82, 2.24) is 19.4 Å². The summed E-state index contributed by atoms with van der Waals surface area (Å²) in [4.78, 5) is 27.1. The zero-order valence-electron chi connectivity index (χ0n) is 14.2. The van der Waals surface area contributed by atoms with E-state index in [1.54, 1.807) is 16.2 Å². The van der Waals surface area contributed by atoms with Gasteiger partial charge in [0.25, 0.3) is 0 Å². The molecule has 4 rings (SSSR count). The van der Waals surface area contributed by atoms with E-state index in [0.717, 1.165) is 23.9 Å². The monoisotopic (exact) mass is 328 g/mol. The first-order valence-electron chi connectivity index (χ1n) is 8.70. The Balaban J connectivity index is 1.56. The van der Waals surface area contributed by atoms with Crippen LogP contribution in [0, 0.1) is 0 Å². The molecule has 3 heterocycles. The summed E-state index contributed by atoms with van der Waals surface area (Å²) in [7, 11) is 3.63. The molecule has 128 valence electrons. The number of hydrogen-bond acceptors (Lipinski definition) is 3. The van der Waals surface area contributed by atoms with Gasteiger partial charge in [-0.3, -0.25) is 13.9 Å². The normalized spacial score (nSPS) is 26.0. The molecular weight excluding hydrogens is 304 g/mol. The van der Waals surface area contributed by atoms with Crippen molar-refractivity contribution in [1.29, 1.82) is 0 Å². The maximum atomic E-state index is 12.8. The Hall–Kier alpha value is -2.08. The smallest absolute Gasteiger partial charge is 0.329 e. The number of aryl methyl sites for hydroxylation is 1. The fraction of sp³-hybridized carbons (Fsp3) is 0.556. The summed E-state index contributed by atoms with van der Waals surface area (Å²) in [6.45, 7) is 0.107. The molecule has 2 aliphatic rings. The topological polar surface area (TPSA) is 59.3 Å². The second-order valence-corrected chi connectivity index (χ2v) is 7.18. The average molecular weight is 328 g/mol. The van der Waals surface area contributed by atoms with E-state index >= 15 is 0 Å². The van der Waals surface area contributed by atoms with E-state index in [0.29, 0.717) is 12.1 Å². The summed E-state index contributed by atoms with van der Waals surface area (Å²) >= 11 is 0. The van der Waals surface area contributed by atoms with Crippen molar-refractivity contribution in [2.24, 2.45) is 7.05 Å². The fourth-order valence-electron chi connectivity index (χ4n) is 4.31. The lowest BCUT2D eigenvalue weighted by Crippen LogP contribution is -2.49. The van der Waals surface area contributed by atoms with Gasteiger partial charge in [0.1, 0.15) is 6.54 Å². The number of piperidine rings is 1. The Morgan fingerprint density at radius 1 is 1.21 bits per heavy atom. The first-order chi connectivity index (χ1) is 11.5. The van der Waals surface area contributed by atoms with E-state index in [1.165, 1.54) is 12.8 Å². The highest BCUT2D eigenvalue weighted by Gasteiger charge is 2.36. The van der Waals surface area contributed by atoms with E-state index in [1.807, 2.05) is 36.2 Å². The van der Waals surface area contributed by atoms with Crippen molar-refractivity contribution in [2.75, 3.05) is 7.05 Å². The van der Waals surface area contributed by atoms with Gasteiger partial charge in [-0.15, -0.1) is 0 Å². The summed E-state index contributed by atoms with van der Waals surface area (Å²) in [5.41, 5.74) is 1.54. The molecule has 6 nitrogen and oxygen atoms in total. The number of carbonyl (C=O) groups excluding carboxylic acids is 1. The van der Waals surface area contributed by atoms with Gasteiger partial charge in [-0.25, -0.2) is 4.79 Å². The van der Waals surface area contributed by atoms with Gasteiger partial charge in [0.2, 0.25) is 5.91 Å². The minimum absolute atomic E-state index is 0.0137. The molecule has 6 heteroatoms. The molecule has 1 aromatic heterocycles. The Kier molecular flexibility index (Phi) is 3.72. The molecule has 0 spiro atoms. The molecule has 1 amide bonds. The molecule has 2 aromatic rings. The molecule has 2 aliphatic heterocycles. The SMILES string of the molecule is CN(C(=O)Cn1c(=O)n(C)c2ccccc21)C1CC2CCC(C1)N2. The molecule has 2 saturated heterocycles. The average Bonchev–Trinajstić information content (AvgIpc) is 3.06. The molecule has 2 fully saturated rings. The van der Waals surface area contributed by atoms with Crippen LogP contribution < -0.4 is 11.0 Å². The number of carbonyl (C=O) groups is 1. The third-order valence-corrected chi connectivity index (χ3v) is 5.73. The van der Waals surface area contributed by atoms with Crippen molar-refractivity contribution in [3.05, 3.63) is 34.7 Å². The Bertz CT molecular complexity index is 825. The van der Waals surface area contributed by atoms with Crippen LogP contribution in [0.1, 0.15) is 25.7 Å². The molecule has 1 N–H and O–H groups in total. The standard InChI is InChI=1S/C18H24N4O2/c1-20(14-9-12-7-8-13(10-14)19-12)17(23)11-22-16-6-4-3-5-15(16)21(2)18(22)24/h3-6,12-14,19H,7-11H2,1-2H3. The Labute approximate surface area is 141 Å². The number of benzene rings is 1. The molecule has 0 aliphatic carbocycles. The number of hydrogen-bond donors (Lipinski definition) is 1. The summed E-state index contributed by atoms with van der Waals surface area (Å²) in [5.74, 6) is 0.0137. The van der Waals surface area contributed by atoms with Gasteiger partial charge in [-0.1, -0.05) is 12.1 Å². The first kappa shape index (κ1) is 15.4. The van der Waals surface area contributed by atoms with Crippen molar-refractivity contribution >= 4 is 16.9 Å². The van der Waals surface area contributed by atoms with Gasteiger partial charge in [-0.2, -0.15) is 0 Å². The number of likely N-dealkylation sites (N-methyl/N-ethyl adjacent to an activating group) is 1. The predicted molar refractivity (Wildman–Crippen MR) is 92.9 cm³/mol. The van der Waals surface area contributed by atoms with Crippen molar-refractivity contribution in [3.8, 4) is 0 Å². The summed E-state index contributed by atoms with van der Waals surface area (Å²) in [5, 5.41) is 3.60. The molecule has 2 bridgehead atoms. The van der Waals surface area contributed by atoms with Crippen LogP contribution in [0.15, 0.2) is 29.1 Å². The molecule has 2 unspecified atom stereocenters. The molecule has 24 heavy (non-hydrogen) atoms. The van der Waals surface area contributed by atoms with Crippen LogP contribution >= 0.6 is 0 Å². The number of para-hydroxylation sites is 2. The van der Waals surface area contributed by atoms with Gasteiger partial charge < -0.3 is 10.2 Å². The lowest BCUT2D eigenvalue weighted by atomic mass is 9.98. The quantitative estimate of drug-likeness (QED) is 0.917. The van der Waals surface area contributed by atoms with E-state index < -0.39 is 0 Å². The highest BCUT2D eigenvalue weighted by atomic mass is 16.2. The Morgan fingerprint density at radius 2 is 1.83 bits per heavy atom. The minimum atomic E-state index is -0.136. The molecular formula is C18H24N4O2. The maximum Gasteiger partial charge on any atom is 0.329 e. The summed E-state index contributed by atoms with van der Waals surface area (Å²) < 4.78 is 3.19. The Morgan fingerprint density at radius 3 is 2.50 bits per heavy atom. The highest BCUT2D eigenvalue weighted by Crippen LogP contribution is 2.29. The van der Waals surface area contributed by atoms with Gasteiger partial charge >= 0.3 is 5.69 Å². The van der Waals surface area contributed by atoms with Crippen LogP contribution in [0.2, 0.25) is 0 Å². The van der Waals surface area contributed by atoms with Crippen LogP contribution in [0.4, 0.5) is 0 Å². The largest absolute Gasteiger partial charge is 0.341 e. The number of fused-ring (bicyclic) bond motifs is 3. The number of aromatic nitrogens is 2. The van der Waals surface area contributed by atoms with E-state index in [2.05, 4.69) is 5.32 Å². The summed E-state index contributed by atoms with van der Waals surface area (Å²) in [6, 6.07) is 8.98. The molecule has 0 saturated carbocycles. The van der Waals surface area contributed by atoms with Gasteiger partial charge in [0.05, 0.1) is 11.0 Å². The summed E-state index contributed by atoms with van der Waals surface area (Å²) in [6.07, 6.45) is 4.46. The minimum Gasteiger partial charge on any atom is -0.341 e. The van der Waals surface area contributed by atoms with E-state index in [4.69, 9.17) is 0 Å². The van der Waals surface area contributed by atoms with Crippen LogP contribution in [0.25, 0.3) is 11.0 Å². The number of rotatable bonds is 3. The van der Waals surface area contributed by atoms with E-state index in [-0.39, 0.29) is 24.2 Å². The number of nitrogens with zero attached hydrogens (tertiary/aromatic N) is 3. The third-order valence-electron chi connectivity index (χ3n) is 5.73. The lowest BCUT2D eigenvalue weighted by Gasteiger charge is -2.35. The molecule has 0 radical (unpaired) electrons. The third kappa shape index (κ3) is 2.45. The molecule has 1 aromatic carbocycles. The van der Waals surface area contributed by atoms with Crippen LogP contribution in [-0.4, -0.2) is 45.1 Å². The number of imidazole rings is 1. The van der Waals surface area contributed by atoms with Gasteiger partial charge in [-0.05, 0) is 37.8 Å². The first-order valence-corrected chi connectivity index (χ1v) is 8.70. The van der Waals surface area contributed by atoms with Crippen LogP contribution in [0.5, 0.6) is 0 Å². The number of nitrogens with one attached hydrogen (secondary N) is 1. The zero-order valence-corrected chi connectivity index (χ0v) is 14.2. The van der Waals surface area contributed by atoms with E-state index in [9.17, 15) is 9.59 Å². The van der Waals surface area contributed by atoms with Crippen molar-refractivity contribution in [3.63, 3.8) is 0 Å². The van der Waals surface area contributed by atoms with Gasteiger partial charge in [0.15, 0.2) is 0 Å². The fourth-order valence-corrected chi connectivity index (χ4v) is 4.31. The maximum absolute atomic E-state index is 12.8. The highest BCUT2D eigenvalue weighted by molar-refractivity contribution is 5.81. The van der Waals surface area contributed by atoms with Crippen molar-refractivity contribution in [2.45, 2.75) is 50.4 Å². The van der Waals surface area contributed by atoms with Crippen molar-refractivity contribution < 1.29 is 4.79 Å². The van der Waals surface area contributed by atoms with Gasteiger partial charge in [0, 0.05) is 32.2 Å². The van der Waals surface area contributed by atoms with Crippen LogP contribution in [0.3, 0.4) is 0 Å². The van der Waals surface area contributed by atoms with Crippen LogP contribution in [-0.2, 0) is 18.4 Å².